The molecule has 0 aliphatic heterocycles. The van der Waals surface area contributed by atoms with Crippen LogP contribution < -0.4 is 0 Å². The summed E-state index contributed by atoms with van der Waals surface area (Å²) in [6.07, 6.45) is 1.61. The van der Waals surface area contributed by atoms with E-state index in [0.29, 0.717) is 10.9 Å². The summed E-state index contributed by atoms with van der Waals surface area (Å²) in [6.45, 7) is 0. The Morgan fingerprint density at radius 2 is 2.00 bits per heavy atom. The Bertz CT molecular complexity index is 836. The van der Waals surface area contributed by atoms with E-state index in [9.17, 15) is 15.2 Å². The van der Waals surface area contributed by atoms with Gasteiger partial charge in [0, 0.05) is 22.1 Å². The zero-order valence-corrected chi connectivity index (χ0v) is 11.6. The van der Waals surface area contributed by atoms with Crippen molar-refractivity contribution in [3.05, 3.63) is 64.8 Å². The smallest absolute Gasteiger partial charge is 0.278 e. The van der Waals surface area contributed by atoms with Gasteiger partial charge in [0.25, 0.3) is 5.69 Å². The Labute approximate surface area is 124 Å². The maximum Gasteiger partial charge on any atom is 0.278 e. The fraction of sp³-hybridized carbons (Fsp3) is 0. The molecule has 5 nitrogen and oxygen atoms in total. The molecule has 0 saturated carbocycles. The van der Waals surface area contributed by atoms with E-state index in [2.05, 4.69) is 4.98 Å². The van der Waals surface area contributed by atoms with E-state index in [1.807, 2.05) is 6.07 Å². The van der Waals surface area contributed by atoms with Gasteiger partial charge >= 0.3 is 0 Å². The zero-order valence-electron chi connectivity index (χ0n) is 10.8. The van der Waals surface area contributed by atoms with Crippen molar-refractivity contribution in [1.29, 1.82) is 0 Å². The van der Waals surface area contributed by atoms with Crippen molar-refractivity contribution >= 4 is 28.4 Å². The van der Waals surface area contributed by atoms with E-state index in [-0.39, 0.29) is 11.4 Å². The van der Waals surface area contributed by atoms with Crippen molar-refractivity contribution in [2.45, 2.75) is 9.79 Å². The lowest BCUT2D eigenvalue weighted by Crippen LogP contribution is -1.91. The van der Waals surface area contributed by atoms with Crippen molar-refractivity contribution in [3.63, 3.8) is 0 Å². The molecule has 3 rings (SSSR count). The van der Waals surface area contributed by atoms with Crippen LogP contribution in [0, 0.1) is 10.1 Å². The lowest BCUT2D eigenvalue weighted by atomic mass is 10.2. The van der Waals surface area contributed by atoms with Crippen LogP contribution in [0.5, 0.6) is 5.75 Å². The molecule has 0 saturated heterocycles. The highest BCUT2D eigenvalue weighted by atomic mass is 32.2. The van der Waals surface area contributed by atoms with Gasteiger partial charge in [0.15, 0.2) is 0 Å². The molecule has 0 atom stereocenters. The van der Waals surface area contributed by atoms with E-state index >= 15 is 0 Å². The number of phenolic OH excluding ortho intramolecular Hbond substituents is 1. The zero-order chi connectivity index (χ0) is 14.8. The number of aromatic hydroxyl groups is 1. The second-order valence-electron chi connectivity index (χ2n) is 4.34. The molecule has 3 aromatic rings. The predicted octanol–water partition coefficient (Wildman–Crippen LogP) is 4.00. The van der Waals surface area contributed by atoms with Crippen LogP contribution in [-0.4, -0.2) is 15.0 Å². The molecule has 104 valence electrons. The van der Waals surface area contributed by atoms with Crippen LogP contribution in [0.3, 0.4) is 0 Å². The van der Waals surface area contributed by atoms with Gasteiger partial charge < -0.3 is 5.11 Å². The lowest BCUT2D eigenvalue weighted by Gasteiger charge is -2.06. The number of non-ortho nitro benzene ring substituents is 1. The first-order valence-electron chi connectivity index (χ1n) is 6.14. The van der Waals surface area contributed by atoms with E-state index in [0.717, 1.165) is 9.79 Å². The largest absolute Gasteiger partial charge is 0.508 e. The summed E-state index contributed by atoms with van der Waals surface area (Å²) in [5, 5.41) is 21.1. The van der Waals surface area contributed by atoms with Crippen molar-refractivity contribution in [2.75, 3.05) is 0 Å². The lowest BCUT2D eigenvalue weighted by molar-refractivity contribution is -0.383. The number of hydrogen-bond acceptors (Lipinski definition) is 5. The van der Waals surface area contributed by atoms with Crippen LogP contribution in [0.25, 0.3) is 10.9 Å². The maximum atomic E-state index is 11.1. The molecule has 1 aromatic heterocycles. The molecule has 0 fully saturated rings. The van der Waals surface area contributed by atoms with Gasteiger partial charge in [-0.25, -0.2) is 0 Å². The van der Waals surface area contributed by atoms with Crippen LogP contribution in [0.4, 0.5) is 5.69 Å². The summed E-state index contributed by atoms with van der Waals surface area (Å²) in [5.74, 6) is 0.180. The molecular weight excluding hydrogens is 288 g/mol. The van der Waals surface area contributed by atoms with E-state index in [1.165, 1.54) is 17.8 Å². The summed E-state index contributed by atoms with van der Waals surface area (Å²) < 4.78 is 0. The highest BCUT2D eigenvalue weighted by Crippen LogP contribution is 2.36. The summed E-state index contributed by atoms with van der Waals surface area (Å²) in [7, 11) is 0. The normalized spacial score (nSPS) is 10.7. The predicted molar refractivity (Wildman–Crippen MR) is 80.6 cm³/mol. The van der Waals surface area contributed by atoms with Crippen molar-refractivity contribution < 1.29 is 10.0 Å². The van der Waals surface area contributed by atoms with Gasteiger partial charge in [-0.3, -0.25) is 15.1 Å². The summed E-state index contributed by atoms with van der Waals surface area (Å²) in [4.78, 5) is 16.6. The molecule has 0 spiro atoms. The van der Waals surface area contributed by atoms with E-state index in [1.54, 1.807) is 42.6 Å². The highest BCUT2D eigenvalue weighted by Gasteiger charge is 2.15. The minimum atomic E-state index is -0.410. The molecule has 0 bridgehead atoms. The molecule has 0 amide bonds. The van der Waals surface area contributed by atoms with Gasteiger partial charge in [0.05, 0.1) is 15.8 Å². The average Bonchev–Trinajstić information content (AvgIpc) is 2.47. The third-order valence-electron chi connectivity index (χ3n) is 2.95. The molecule has 21 heavy (non-hydrogen) atoms. The van der Waals surface area contributed by atoms with Crippen LogP contribution in [0.1, 0.15) is 0 Å². The first kappa shape index (κ1) is 13.4. The van der Waals surface area contributed by atoms with Gasteiger partial charge in [-0.05, 0) is 36.4 Å². The number of nitrogens with zero attached hydrogens (tertiary/aromatic N) is 2. The highest BCUT2D eigenvalue weighted by molar-refractivity contribution is 7.99. The monoisotopic (exact) mass is 298 g/mol. The molecule has 0 aliphatic rings. The van der Waals surface area contributed by atoms with Crippen LogP contribution in [0.2, 0.25) is 0 Å². The second kappa shape index (κ2) is 5.41. The second-order valence-corrected chi connectivity index (χ2v) is 5.45. The minimum absolute atomic E-state index is 0.0401. The minimum Gasteiger partial charge on any atom is -0.508 e. The maximum absolute atomic E-state index is 11.1. The fourth-order valence-electron chi connectivity index (χ4n) is 2.05. The van der Waals surface area contributed by atoms with Crippen LogP contribution >= 0.6 is 11.8 Å². The number of pyridine rings is 1. The van der Waals surface area contributed by atoms with Gasteiger partial charge in [-0.15, -0.1) is 0 Å². The molecule has 0 unspecified atom stereocenters. The van der Waals surface area contributed by atoms with E-state index in [4.69, 9.17) is 0 Å². The van der Waals surface area contributed by atoms with Crippen LogP contribution in [0.15, 0.2) is 64.5 Å². The number of phenols is 1. The topological polar surface area (TPSA) is 76.3 Å². The molecule has 0 radical (unpaired) electrons. The van der Waals surface area contributed by atoms with Crippen LogP contribution in [-0.2, 0) is 0 Å². The van der Waals surface area contributed by atoms with Gasteiger partial charge in [0.1, 0.15) is 5.75 Å². The number of hydrogen-bond donors (Lipinski definition) is 1. The number of fused-ring (bicyclic) bond motifs is 1. The molecule has 2 aromatic carbocycles. The summed E-state index contributed by atoms with van der Waals surface area (Å²) in [6, 6.07) is 13.4. The van der Waals surface area contributed by atoms with E-state index < -0.39 is 4.92 Å². The molecule has 1 heterocycles. The Morgan fingerprint density at radius 1 is 1.14 bits per heavy atom. The van der Waals surface area contributed by atoms with Gasteiger partial charge in [-0.2, -0.15) is 0 Å². The summed E-state index contributed by atoms with van der Waals surface area (Å²) in [5.41, 5.74) is 0.624. The molecule has 1 N–H and O–H groups in total. The average molecular weight is 298 g/mol. The Hall–Kier alpha value is -2.60. The number of aromatic nitrogens is 1. The van der Waals surface area contributed by atoms with Gasteiger partial charge in [0.2, 0.25) is 0 Å². The third-order valence-corrected chi connectivity index (χ3v) is 3.99. The third kappa shape index (κ3) is 2.66. The van der Waals surface area contributed by atoms with Crippen molar-refractivity contribution in [1.82, 2.24) is 4.98 Å². The van der Waals surface area contributed by atoms with Crippen molar-refractivity contribution in [2.24, 2.45) is 0 Å². The molecular formula is C15H10N2O3S. The number of nitro groups is 1. The first-order chi connectivity index (χ1) is 10.1. The molecule has 0 aliphatic carbocycles. The Kier molecular flexibility index (Phi) is 3.45. The molecule has 6 heteroatoms. The number of nitro benzene ring substituents is 1. The quantitative estimate of drug-likeness (QED) is 0.584. The number of benzene rings is 2. The summed E-state index contributed by atoms with van der Waals surface area (Å²) >= 11 is 1.41. The SMILES string of the molecule is O=[N+]([O-])c1ccc(Sc2cccc(O)c2)c2ncccc12. The standard InChI is InChI=1S/C15H10N2O3S/c18-10-3-1-4-11(9-10)21-14-7-6-13(17(19)20)12-5-2-8-16-15(12)14/h1-9,18H. The fourth-order valence-corrected chi connectivity index (χ4v) is 3.02. The van der Waals surface area contributed by atoms with Crippen molar-refractivity contribution in [3.8, 4) is 5.75 Å². The first-order valence-corrected chi connectivity index (χ1v) is 6.96. The van der Waals surface area contributed by atoms with Gasteiger partial charge in [-0.1, -0.05) is 17.8 Å². The Balaban J connectivity index is 2.12. The Morgan fingerprint density at radius 3 is 2.76 bits per heavy atom. The number of rotatable bonds is 3.